The Labute approximate surface area is 192 Å². The number of carboxylic acid groups (broad SMARTS) is 1. The molecule has 0 aliphatic carbocycles. The predicted molar refractivity (Wildman–Crippen MR) is 93.0 cm³/mol. The zero-order valence-corrected chi connectivity index (χ0v) is 19.2. The van der Waals surface area contributed by atoms with Crippen LogP contribution in [-0.4, -0.2) is 60.8 Å². The van der Waals surface area contributed by atoms with Gasteiger partial charge in [-0.1, -0.05) is 6.07 Å². The molecule has 1 saturated heterocycles. The van der Waals surface area contributed by atoms with Gasteiger partial charge in [0.05, 0.1) is 23.8 Å². The van der Waals surface area contributed by atoms with Gasteiger partial charge in [-0.25, -0.2) is 8.42 Å². The van der Waals surface area contributed by atoms with Crippen LogP contribution in [0.3, 0.4) is 0 Å². The average molecular weight is 450 g/mol. The van der Waals surface area contributed by atoms with Crippen LogP contribution in [0, 0.1) is 0 Å². The first-order valence-corrected chi connectivity index (χ1v) is 10.6. The molecule has 2 aliphatic rings. The first-order valence-electron chi connectivity index (χ1n) is 8.05. The van der Waals surface area contributed by atoms with Crippen molar-refractivity contribution in [3.8, 4) is 0 Å². The maximum Gasteiger partial charge on any atom is 1.00 e. The number of aliphatic carboxylic acids is 1. The van der Waals surface area contributed by atoms with Gasteiger partial charge in [0.25, 0.3) is 5.91 Å². The van der Waals surface area contributed by atoms with E-state index < -0.39 is 63.1 Å². The van der Waals surface area contributed by atoms with Gasteiger partial charge >= 0.3 is 35.5 Å². The van der Waals surface area contributed by atoms with Gasteiger partial charge in [0, 0.05) is 17.4 Å². The monoisotopic (exact) mass is 450 g/mol. The number of carbonyl (C=O) groups is 4. The van der Waals surface area contributed by atoms with Crippen LogP contribution in [0.4, 0.5) is 0 Å². The molecule has 150 valence electrons. The summed E-state index contributed by atoms with van der Waals surface area (Å²) in [5, 5.41) is 14.1. The summed E-state index contributed by atoms with van der Waals surface area (Å²) < 4.78 is 29.9. The molecule has 13 heteroatoms. The Hall–Kier alpha value is -1.73. The first kappa shape index (κ1) is 23.5. The van der Waals surface area contributed by atoms with Crippen molar-refractivity contribution in [1.82, 2.24) is 10.2 Å². The largest absolute Gasteiger partial charge is 1.00 e. The van der Waals surface area contributed by atoms with Crippen LogP contribution in [0.15, 0.2) is 28.8 Å². The van der Waals surface area contributed by atoms with Crippen molar-refractivity contribution >= 4 is 44.9 Å². The fourth-order valence-corrected chi connectivity index (χ4v) is 5.82. The van der Waals surface area contributed by atoms with E-state index in [0.29, 0.717) is 4.90 Å². The number of hydrogen-bond acceptors (Lipinski definition) is 9. The summed E-state index contributed by atoms with van der Waals surface area (Å²) >= 11 is 1.33. The number of nitrogens with one attached hydrogen (secondary N) is 1. The minimum atomic E-state index is -4.02. The third-order valence-electron chi connectivity index (χ3n) is 4.24. The molecular formula is C16H15N2NaO8S2. The Morgan fingerprint density at radius 2 is 2.07 bits per heavy atom. The van der Waals surface area contributed by atoms with Crippen LogP contribution >= 0.6 is 11.3 Å². The molecule has 2 aliphatic heterocycles. The molecule has 2 amide bonds. The zero-order chi connectivity index (χ0) is 20.6. The Morgan fingerprint density at radius 3 is 2.62 bits per heavy atom. The fourth-order valence-electron chi connectivity index (χ4n) is 3.11. The fraction of sp³-hybridized carbons (Fsp3) is 0.375. The predicted octanol–water partition coefficient (Wildman–Crippen LogP) is -5.06. The number of carboxylic acids is 1. The Balaban J connectivity index is 0.00000300. The first-order chi connectivity index (χ1) is 13.1. The average Bonchev–Trinajstić information content (AvgIpc) is 3.09. The summed E-state index contributed by atoms with van der Waals surface area (Å²) in [5.74, 6) is -4.67. The molecule has 0 aromatic carbocycles. The summed E-state index contributed by atoms with van der Waals surface area (Å²) in [6.45, 7) is 0.483. The number of hydrogen-bond donors (Lipinski definition) is 1. The maximum absolute atomic E-state index is 12.6. The van der Waals surface area contributed by atoms with E-state index in [1.165, 1.54) is 11.3 Å². The van der Waals surface area contributed by atoms with Crippen molar-refractivity contribution in [3.05, 3.63) is 33.7 Å². The number of sulfone groups is 1. The number of nitrogens with zero attached hydrogens (tertiary/aromatic N) is 1. The van der Waals surface area contributed by atoms with Gasteiger partial charge in [-0.05, 0) is 11.4 Å². The molecule has 2 atom stereocenters. The number of rotatable bonds is 6. The standard InChI is InChI=1S/C16H16N2O8S2.Na/c1-8(19)26-6-9-7-28(24,25)15-12(14(21)18(15)13(9)16(22)23)17-11(20)5-10-3-2-4-27-10;/h2-4,12,15H,5-7H2,1H3,(H,17,20)(H,22,23);/q;+1/p-1/t12-,15+;/m1./s1. The van der Waals surface area contributed by atoms with E-state index in [4.69, 9.17) is 0 Å². The molecule has 3 rings (SSSR count). The Bertz CT molecular complexity index is 987. The molecule has 10 nitrogen and oxygen atoms in total. The normalized spacial score (nSPS) is 22.1. The second-order valence-corrected chi connectivity index (χ2v) is 9.36. The van der Waals surface area contributed by atoms with Crippen LogP contribution in [0.2, 0.25) is 0 Å². The van der Waals surface area contributed by atoms with Crippen molar-refractivity contribution in [2.24, 2.45) is 0 Å². The molecule has 1 aromatic rings. The molecule has 0 spiro atoms. The second kappa shape index (κ2) is 8.96. The van der Waals surface area contributed by atoms with E-state index in [9.17, 15) is 32.7 Å². The Kier molecular flexibility index (Phi) is 7.28. The van der Waals surface area contributed by atoms with Crippen LogP contribution in [0.5, 0.6) is 0 Å². The number of fused-ring (bicyclic) bond motifs is 1. The summed E-state index contributed by atoms with van der Waals surface area (Å²) in [5.41, 5.74) is -0.905. The SMILES string of the molecule is CC(=O)OCC1=C(C(=O)[O-])N2C(=O)[C@@H](NC(=O)Cc3cccs3)[C@@H]2S(=O)(=O)C1.[Na+]. The minimum Gasteiger partial charge on any atom is -0.543 e. The van der Waals surface area contributed by atoms with E-state index in [2.05, 4.69) is 10.1 Å². The van der Waals surface area contributed by atoms with Crippen LogP contribution in [0.25, 0.3) is 0 Å². The van der Waals surface area contributed by atoms with Crippen molar-refractivity contribution in [3.63, 3.8) is 0 Å². The van der Waals surface area contributed by atoms with Gasteiger partial charge in [0.1, 0.15) is 12.6 Å². The third-order valence-corrected chi connectivity index (χ3v) is 7.08. The van der Waals surface area contributed by atoms with E-state index in [-0.39, 0.29) is 41.6 Å². The van der Waals surface area contributed by atoms with Crippen molar-refractivity contribution < 1.29 is 67.0 Å². The molecule has 0 unspecified atom stereocenters. The van der Waals surface area contributed by atoms with E-state index >= 15 is 0 Å². The quantitative estimate of drug-likeness (QED) is 0.257. The van der Waals surface area contributed by atoms with Gasteiger partial charge < -0.3 is 20.0 Å². The van der Waals surface area contributed by atoms with Gasteiger partial charge in [0.2, 0.25) is 5.91 Å². The number of thiophene rings is 1. The van der Waals surface area contributed by atoms with Gasteiger partial charge in [-0.2, -0.15) is 0 Å². The number of amides is 2. The van der Waals surface area contributed by atoms with Gasteiger partial charge in [-0.15, -0.1) is 11.3 Å². The number of ether oxygens (including phenoxy) is 1. The molecule has 0 radical (unpaired) electrons. The summed E-state index contributed by atoms with van der Waals surface area (Å²) in [6.07, 6.45) is -0.0326. The molecule has 3 heterocycles. The van der Waals surface area contributed by atoms with Gasteiger partial charge in [0.15, 0.2) is 15.2 Å². The second-order valence-electron chi connectivity index (χ2n) is 6.23. The third kappa shape index (κ3) is 4.72. The molecule has 29 heavy (non-hydrogen) atoms. The van der Waals surface area contributed by atoms with Crippen molar-refractivity contribution in [2.45, 2.75) is 24.8 Å². The molecule has 0 saturated carbocycles. The number of esters is 1. The van der Waals surface area contributed by atoms with Crippen molar-refractivity contribution in [1.29, 1.82) is 0 Å². The van der Waals surface area contributed by atoms with Crippen LogP contribution < -0.4 is 40.0 Å². The molecule has 0 bridgehead atoms. The Morgan fingerprint density at radius 1 is 1.38 bits per heavy atom. The molecule has 1 aromatic heterocycles. The van der Waals surface area contributed by atoms with Crippen molar-refractivity contribution in [2.75, 3.05) is 12.4 Å². The van der Waals surface area contributed by atoms with E-state index in [0.717, 1.165) is 11.8 Å². The number of β-lactam (4-membered cyclic amide) rings is 1. The van der Waals surface area contributed by atoms with Gasteiger partial charge in [-0.3, -0.25) is 19.3 Å². The zero-order valence-electron chi connectivity index (χ0n) is 15.5. The minimum absolute atomic E-state index is 0. The summed E-state index contributed by atoms with van der Waals surface area (Å²) in [6, 6.07) is 2.08. The topological polar surface area (TPSA) is 150 Å². The summed E-state index contributed by atoms with van der Waals surface area (Å²) in [7, 11) is -4.02. The van der Waals surface area contributed by atoms with Crippen LogP contribution in [-0.2, 0) is 40.2 Å². The number of carbonyl (C=O) groups excluding carboxylic acids is 4. The molecular weight excluding hydrogens is 435 g/mol. The summed E-state index contributed by atoms with van der Waals surface area (Å²) in [4.78, 5) is 48.4. The van der Waals surface area contributed by atoms with Crippen LogP contribution in [0.1, 0.15) is 11.8 Å². The smallest absolute Gasteiger partial charge is 0.543 e. The molecule has 1 fully saturated rings. The van der Waals surface area contributed by atoms with E-state index in [1.807, 2.05) is 0 Å². The molecule has 1 N–H and O–H groups in total. The maximum atomic E-state index is 12.6. The van der Waals surface area contributed by atoms with E-state index in [1.54, 1.807) is 17.5 Å².